The molecule has 0 aliphatic carbocycles. The van der Waals surface area contributed by atoms with E-state index in [1.165, 1.54) is 13.0 Å². The zero-order chi connectivity index (χ0) is 13.9. The molecule has 100 valence electrons. The maximum atomic E-state index is 13.2. The minimum absolute atomic E-state index is 0.267. The van der Waals surface area contributed by atoms with Crippen LogP contribution in [0.25, 0.3) is 0 Å². The molecule has 18 heavy (non-hydrogen) atoms. The molecule has 1 N–H and O–H groups in total. The Labute approximate surface area is 99.8 Å². The van der Waals surface area contributed by atoms with Crippen molar-refractivity contribution >= 4 is 11.4 Å². The van der Waals surface area contributed by atoms with Crippen LogP contribution in [0.2, 0.25) is 0 Å². The number of nitrogens with one attached hydrogen (secondary N) is 1. The van der Waals surface area contributed by atoms with Crippen molar-refractivity contribution in [3.63, 3.8) is 0 Å². The first-order chi connectivity index (χ1) is 8.20. The highest BCUT2D eigenvalue weighted by Gasteiger charge is 2.31. The summed E-state index contributed by atoms with van der Waals surface area (Å²) in [6, 6.07) is 2.13. The van der Waals surface area contributed by atoms with Crippen molar-refractivity contribution < 1.29 is 22.5 Å². The van der Waals surface area contributed by atoms with Gasteiger partial charge in [-0.1, -0.05) is 6.07 Å². The summed E-state index contributed by atoms with van der Waals surface area (Å²) in [6.45, 7) is 1.21. The lowest BCUT2D eigenvalue weighted by Gasteiger charge is -2.16. The molecule has 4 nitrogen and oxygen atoms in total. The standard InChI is InChI=1S/C10H10F4N2O2/c1-6(5-10(12,13)14)15-8-4-2-3-7(11)9(8)16(17)18/h2-4,6,15H,5H2,1H3. The first-order valence-electron chi connectivity index (χ1n) is 4.97. The summed E-state index contributed by atoms with van der Waals surface area (Å²) in [5.74, 6) is -1.09. The van der Waals surface area contributed by atoms with Gasteiger partial charge in [-0.25, -0.2) is 0 Å². The number of benzene rings is 1. The summed E-state index contributed by atoms with van der Waals surface area (Å²) in [7, 11) is 0. The summed E-state index contributed by atoms with van der Waals surface area (Å²) in [6.07, 6.45) is -5.56. The average Bonchev–Trinajstić information content (AvgIpc) is 2.13. The molecule has 1 aromatic carbocycles. The zero-order valence-corrected chi connectivity index (χ0v) is 9.29. The fourth-order valence-electron chi connectivity index (χ4n) is 1.48. The predicted octanol–water partition coefficient (Wildman–Crippen LogP) is 3.49. The summed E-state index contributed by atoms with van der Waals surface area (Å²) in [4.78, 5) is 9.64. The van der Waals surface area contributed by atoms with Crippen LogP contribution in [-0.4, -0.2) is 17.1 Å². The van der Waals surface area contributed by atoms with Gasteiger partial charge in [0.15, 0.2) is 0 Å². The molecular weight excluding hydrogens is 256 g/mol. The molecule has 1 unspecified atom stereocenters. The van der Waals surface area contributed by atoms with Gasteiger partial charge in [0.25, 0.3) is 0 Å². The lowest BCUT2D eigenvalue weighted by atomic mass is 10.2. The average molecular weight is 266 g/mol. The molecular formula is C10H10F4N2O2. The van der Waals surface area contributed by atoms with Gasteiger partial charge in [-0.05, 0) is 19.1 Å². The highest BCUT2D eigenvalue weighted by atomic mass is 19.4. The molecule has 8 heteroatoms. The third-order valence-corrected chi connectivity index (χ3v) is 2.11. The number of anilines is 1. The summed E-state index contributed by atoms with van der Waals surface area (Å²) < 4.78 is 49.5. The van der Waals surface area contributed by atoms with E-state index in [0.29, 0.717) is 0 Å². The second-order valence-corrected chi connectivity index (χ2v) is 3.76. The van der Waals surface area contributed by atoms with E-state index in [9.17, 15) is 27.7 Å². The number of halogens is 4. The Kier molecular flexibility index (Phi) is 4.10. The van der Waals surface area contributed by atoms with Crippen LogP contribution in [0.1, 0.15) is 13.3 Å². The van der Waals surface area contributed by atoms with Crippen molar-refractivity contribution in [2.24, 2.45) is 0 Å². The molecule has 0 saturated carbocycles. The number of nitrogens with zero attached hydrogens (tertiary/aromatic N) is 1. The van der Waals surface area contributed by atoms with E-state index in [1.54, 1.807) is 0 Å². The van der Waals surface area contributed by atoms with Crippen LogP contribution in [0.15, 0.2) is 18.2 Å². The van der Waals surface area contributed by atoms with Gasteiger partial charge in [0, 0.05) is 6.04 Å². The summed E-state index contributed by atoms with van der Waals surface area (Å²) in [5, 5.41) is 12.9. The topological polar surface area (TPSA) is 55.2 Å². The molecule has 0 amide bonds. The summed E-state index contributed by atoms with van der Waals surface area (Å²) >= 11 is 0. The lowest BCUT2D eigenvalue weighted by molar-refractivity contribution is -0.386. The Balaban J connectivity index is 2.91. The van der Waals surface area contributed by atoms with Crippen LogP contribution >= 0.6 is 0 Å². The van der Waals surface area contributed by atoms with Gasteiger partial charge in [0.2, 0.25) is 5.82 Å². The van der Waals surface area contributed by atoms with Gasteiger partial charge in [0.05, 0.1) is 11.3 Å². The Morgan fingerprint density at radius 2 is 2.06 bits per heavy atom. The van der Waals surface area contributed by atoms with Gasteiger partial charge >= 0.3 is 11.9 Å². The fourth-order valence-corrected chi connectivity index (χ4v) is 1.48. The predicted molar refractivity (Wildman–Crippen MR) is 56.8 cm³/mol. The molecule has 0 aromatic heterocycles. The molecule has 0 aliphatic rings. The Bertz CT molecular complexity index is 448. The number of alkyl halides is 3. The number of para-hydroxylation sites is 1. The first kappa shape index (κ1) is 14.2. The summed E-state index contributed by atoms with van der Waals surface area (Å²) in [5.41, 5.74) is -1.12. The minimum Gasteiger partial charge on any atom is -0.377 e. The van der Waals surface area contributed by atoms with Gasteiger partial charge in [-0.3, -0.25) is 10.1 Å². The SMILES string of the molecule is CC(CC(F)(F)F)Nc1cccc(F)c1[N+](=O)[O-]. The quantitative estimate of drug-likeness (QED) is 0.515. The monoisotopic (exact) mass is 266 g/mol. The van der Waals surface area contributed by atoms with Crippen molar-refractivity contribution in [3.05, 3.63) is 34.1 Å². The van der Waals surface area contributed by atoms with E-state index in [2.05, 4.69) is 5.32 Å². The second kappa shape index (κ2) is 5.19. The van der Waals surface area contributed by atoms with Crippen molar-refractivity contribution in [3.8, 4) is 0 Å². The minimum atomic E-state index is -4.39. The van der Waals surface area contributed by atoms with Crippen LogP contribution < -0.4 is 5.32 Å². The molecule has 0 saturated heterocycles. The van der Waals surface area contributed by atoms with Gasteiger partial charge in [-0.2, -0.15) is 17.6 Å². The van der Waals surface area contributed by atoms with E-state index < -0.39 is 35.1 Å². The van der Waals surface area contributed by atoms with Crippen LogP contribution in [-0.2, 0) is 0 Å². The van der Waals surface area contributed by atoms with E-state index in [-0.39, 0.29) is 5.69 Å². The maximum Gasteiger partial charge on any atom is 0.391 e. The smallest absolute Gasteiger partial charge is 0.377 e. The number of rotatable bonds is 4. The molecule has 0 bridgehead atoms. The van der Waals surface area contributed by atoms with Crippen molar-refractivity contribution in [1.29, 1.82) is 0 Å². The van der Waals surface area contributed by atoms with E-state index in [1.807, 2.05) is 0 Å². The Morgan fingerprint density at radius 3 is 2.56 bits per heavy atom. The normalized spacial score (nSPS) is 13.2. The highest BCUT2D eigenvalue weighted by Crippen LogP contribution is 2.29. The van der Waals surface area contributed by atoms with E-state index in [4.69, 9.17) is 0 Å². The zero-order valence-electron chi connectivity index (χ0n) is 9.29. The number of hydrogen-bond acceptors (Lipinski definition) is 3. The van der Waals surface area contributed by atoms with Crippen molar-refractivity contribution in [1.82, 2.24) is 0 Å². The fraction of sp³-hybridized carbons (Fsp3) is 0.400. The van der Waals surface area contributed by atoms with Crippen LogP contribution in [0, 0.1) is 15.9 Å². The first-order valence-corrected chi connectivity index (χ1v) is 4.97. The van der Waals surface area contributed by atoms with Crippen LogP contribution in [0.5, 0.6) is 0 Å². The molecule has 1 aromatic rings. The van der Waals surface area contributed by atoms with Crippen LogP contribution in [0.4, 0.5) is 28.9 Å². The Morgan fingerprint density at radius 1 is 1.44 bits per heavy atom. The van der Waals surface area contributed by atoms with E-state index in [0.717, 1.165) is 12.1 Å². The number of nitro benzene ring substituents is 1. The molecule has 0 spiro atoms. The largest absolute Gasteiger partial charge is 0.391 e. The van der Waals surface area contributed by atoms with Gasteiger partial charge < -0.3 is 5.32 Å². The molecule has 0 radical (unpaired) electrons. The van der Waals surface area contributed by atoms with Gasteiger partial charge in [-0.15, -0.1) is 0 Å². The maximum absolute atomic E-state index is 13.2. The molecule has 0 aliphatic heterocycles. The lowest BCUT2D eigenvalue weighted by Crippen LogP contribution is -2.24. The van der Waals surface area contributed by atoms with Crippen molar-refractivity contribution in [2.45, 2.75) is 25.6 Å². The van der Waals surface area contributed by atoms with Gasteiger partial charge in [0.1, 0.15) is 5.69 Å². The molecule has 1 rings (SSSR count). The number of nitro groups is 1. The second-order valence-electron chi connectivity index (χ2n) is 3.76. The van der Waals surface area contributed by atoms with E-state index >= 15 is 0 Å². The third-order valence-electron chi connectivity index (χ3n) is 2.11. The Hall–Kier alpha value is -1.86. The van der Waals surface area contributed by atoms with Crippen LogP contribution in [0.3, 0.4) is 0 Å². The molecule has 1 atom stereocenters. The molecule has 0 fully saturated rings. The van der Waals surface area contributed by atoms with Crippen molar-refractivity contribution in [2.75, 3.05) is 5.32 Å². The third kappa shape index (κ3) is 3.86. The molecule has 0 heterocycles. The number of hydrogen-bond donors (Lipinski definition) is 1. The highest BCUT2D eigenvalue weighted by molar-refractivity contribution is 5.62.